The standard InChI is InChI=1S/C29H36N4O7S2/c1-32(2)42(37,38)33-17-14-24(15-18-33)27(19-22-7-5-4-6-8-22)29(34)40-31-21-23-13-16-30-28(20-23)41(35,36)26-11-9-25(39-3)10-12-26/h4-13,16,20,24,27,31H,14-15,17-19,21H2,1-3H3/t27-/m1/s1. The molecule has 0 radical (unpaired) electrons. The molecule has 1 saturated heterocycles. The summed E-state index contributed by atoms with van der Waals surface area (Å²) in [5.41, 5.74) is 4.23. The van der Waals surface area contributed by atoms with Crippen LogP contribution in [0.15, 0.2) is 82.8 Å². The molecule has 1 N–H and O–H groups in total. The summed E-state index contributed by atoms with van der Waals surface area (Å²) in [5.74, 6) is -0.479. The number of nitrogens with zero attached hydrogens (tertiary/aromatic N) is 3. The number of nitrogens with one attached hydrogen (secondary N) is 1. The number of hydrogen-bond donors (Lipinski definition) is 1. The van der Waals surface area contributed by atoms with Crippen molar-refractivity contribution in [3.05, 3.63) is 84.1 Å². The highest BCUT2D eigenvalue weighted by Crippen LogP contribution is 2.30. The minimum atomic E-state index is -3.86. The van der Waals surface area contributed by atoms with Crippen LogP contribution in [0.25, 0.3) is 0 Å². The third kappa shape index (κ3) is 7.53. The van der Waals surface area contributed by atoms with Crippen LogP contribution >= 0.6 is 0 Å². The topological polar surface area (TPSA) is 135 Å². The van der Waals surface area contributed by atoms with E-state index >= 15 is 0 Å². The molecule has 1 aliphatic rings. The molecule has 226 valence electrons. The van der Waals surface area contributed by atoms with Crippen LogP contribution in [-0.2, 0) is 42.6 Å². The van der Waals surface area contributed by atoms with E-state index in [0.717, 1.165) is 5.56 Å². The maximum atomic E-state index is 13.3. The van der Waals surface area contributed by atoms with Crippen molar-refractivity contribution in [1.29, 1.82) is 0 Å². The summed E-state index contributed by atoms with van der Waals surface area (Å²) >= 11 is 0. The molecule has 0 bridgehead atoms. The molecule has 0 unspecified atom stereocenters. The Bertz CT molecular complexity index is 1560. The van der Waals surface area contributed by atoms with Crippen LogP contribution in [0.3, 0.4) is 0 Å². The summed E-state index contributed by atoms with van der Waals surface area (Å²) in [6.07, 6.45) is 2.89. The number of hydrogen-bond acceptors (Lipinski definition) is 9. The predicted molar refractivity (Wildman–Crippen MR) is 156 cm³/mol. The first-order valence-electron chi connectivity index (χ1n) is 13.5. The van der Waals surface area contributed by atoms with Gasteiger partial charge in [-0.1, -0.05) is 30.3 Å². The van der Waals surface area contributed by atoms with Gasteiger partial charge in [-0.15, -0.1) is 5.48 Å². The number of sulfone groups is 1. The Hall–Kier alpha value is -3.36. The molecule has 1 aliphatic heterocycles. The fourth-order valence-electron chi connectivity index (χ4n) is 4.90. The third-order valence-electron chi connectivity index (χ3n) is 7.35. The van der Waals surface area contributed by atoms with Gasteiger partial charge in [0.2, 0.25) is 9.84 Å². The normalized spacial score (nSPS) is 15.8. The zero-order valence-corrected chi connectivity index (χ0v) is 25.5. The van der Waals surface area contributed by atoms with Gasteiger partial charge in [0, 0.05) is 33.4 Å². The number of piperidine rings is 1. The summed E-state index contributed by atoms with van der Waals surface area (Å²) < 4.78 is 59.0. The van der Waals surface area contributed by atoms with E-state index < -0.39 is 31.9 Å². The van der Waals surface area contributed by atoms with Crippen molar-refractivity contribution in [3.63, 3.8) is 0 Å². The van der Waals surface area contributed by atoms with Crippen molar-refractivity contribution < 1.29 is 31.2 Å². The van der Waals surface area contributed by atoms with Gasteiger partial charge in [-0.3, -0.25) is 4.79 Å². The Morgan fingerprint density at radius 1 is 1.00 bits per heavy atom. The Morgan fingerprint density at radius 3 is 2.29 bits per heavy atom. The van der Waals surface area contributed by atoms with E-state index in [1.165, 1.54) is 54.2 Å². The van der Waals surface area contributed by atoms with Crippen LogP contribution in [0, 0.1) is 11.8 Å². The number of pyridine rings is 1. The quantitative estimate of drug-likeness (QED) is 0.305. The first-order valence-corrected chi connectivity index (χ1v) is 16.4. The minimum Gasteiger partial charge on any atom is -0.497 e. The van der Waals surface area contributed by atoms with E-state index in [-0.39, 0.29) is 22.4 Å². The highest BCUT2D eigenvalue weighted by molar-refractivity contribution is 7.91. The van der Waals surface area contributed by atoms with Crippen molar-refractivity contribution in [2.45, 2.75) is 35.7 Å². The number of benzene rings is 2. The second kappa shape index (κ2) is 13.7. The number of carbonyl (C=O) groups excluding carboxylic acids is 1. The lowest BCUT2D eigenvalue weighted by atomic mass is 9.81. The molecule has 0 amide bonds. The van der Waals surface area contributed by atoms with E-state index in [2.05, 4.69) is 10.5 Å². The number of ether oxygens (including phenoxy) is 1. The maximum Gasteiger partial charge on any atom is 0.328 e. The molecule has 0 saturated carbocycles. The molecule has 2 heterocycles. The Kier molecular flexibility index (Phi) is 10.3. The first-order chi connectivity index (χ1) is 20.0. The van der Waals surface area contributed by atoms with Crippen molar-refractivity contribution in [1.82, 2.24) is 19.1 Å². The fraction of sp³-hybridized carbons (Fsp3) is 0.379. The van der Waals surface area contributed by atoms with Crippen LogP contribution in [0.1, 0.15) is 24.0 Å². The average Bonchev–Trinajstić information content (AvgIpc) is 3.00. The number of hydroxylamine groups is 1. The highest BCUT2D eigenvalue weighted by atomic mass is 32.2. The van der Waals surface area contributed by atoms with Crippen molar-refractivity contribution in [2.24, 2.45) is 11.8 Å². The van der Waals surface area contributed by atoms with Gasteiger partial charge in [0.15, 0.2) is 5.03 Å². The minimum absolute atomic E-state index is 0.0664. The van der Waals surface area contributed by atoms with E-state index in [1.807, 2.05) is 30.3 Å². The SMILES string of the molecule is COc1ccc(S(=O)(=O)c2cc(CNOC(=O)[C@H](Cc3ccccc3)C3CCN(S(=O)(=O)N(C)C)CC3)ccn2)cc1. The van der Waals surface area contributed by atoms with Crippen molar-refractivity contribution in [2.75, 3.05) is 34.3 Å². The lowest BCUT2D eigenvalue weighted by Gasteiger charge is -2.35. The van der Waals surface area contributed by atoms with Crippen molar-refractivity contribution in [3.8, 4) is 5.75 Å². The summed E-state index contributed by atoms with van der Waals surface area (Å²) in [5, 5.41) is -0.125. The molecular formula is C29H36N4O7S2. The van der Waals surface area contributed by atoms with Crippen LogP contribution in [0.5, 0.6) is 5.75 Å². The number of aromatic nitrogens is 1. The first kappa shape index (κ1) is 31.6. The zero-order chi connectivity index (χ0) is 30.3. The lowest BCUT2D eigenvalue weighted by Crippen LogP contribution is -2.46. The monoisotopic (exact) mass is 616 g/mol. The zero-order valence-electron chi connectivity index (χ0n) is 23.8. The van der Waals surface area contributed by atoms with Crippen LogP contribution in [0.4, 0.5) is 0 Å². The van der Waals surface area contributed by atoms with E-state index in [4.69, 9.17) is 9.57 Å². The molecule has 2 aromatic carbocycles. The molecule has 1 aromatic heterocycles. The van der Waals surface area contributed by atoms with Gasteiger partial charge in [0.1, 0.15) is 5.75 Å². The molecule has 4 rings (SSSR count). The smallest absolute Gasteiger partial charge is 0.328 e. The summed E-state index contributed by atoms with van der Waals surface area (Å²) in [6, 6.07) is 18.7. The van der Waals surface area contributed by atoms with E-state index in [9.17, 15) is 21.6 Å². The fourth-order valence-corrected chi connectivity index (χ4v) is 7.28. The maximum absolute atomic E-state index is 13.3. The molecule has 42 heavy (non-hydrogen) atoms. The molecule has 1 atom stereocenters. The summed E-state index contributed by atoms with van der Waals surface area (Å²) in [4.78, 5) is 23.0. The van der Waals surface area contributed by atoms with Gasteiger partial charge in [0.25, 0.3) is 10.2 Å². The van der Waals surface area contributed by atoms with Gasteiger partial charge in [-0.25, -0.2) is 13.4 Å². The Labute approximate surface area is 247 Å². The van der Waals surface area contributed by atoms with Gasteiger partial charge in [-0.05, 0) is 72.7 Å². The number of carbonyl (C=O) groups is 1. The van der Waals surface area contributed by atoms with Crippen LogP contribution in [-0.4, -0.2) is 70.7 Å². The molecular weight excluding hydrogens is 580 g/mol. The lowest BCUT2D eigenvalue weighted by molar-refractivity contribution is -0.159. The van der Waals surface area contributed by atoms with Gasteiger partial charge >= 0.3 is 5.97 Å². The summed E-state index contributed by atoms with van der Waals surface area (Å²) in [6.45, 7) is 0.705. The van der Waals surface area contributed by atoms with Crippen LogP contribution in [0.2, 0.25) is 0 Å². The highest BCUT2D eigenvalue weighted by Gasteiger charge is 2.36. The van der Waals surface area contributed by atoms with E-state index in [0.29, 0.717) is 43.7 Å². The Balaban J connectivity index is 1.42. The molecule has 0 spiro atoms. The van der Waals surface area contributed by atoms with Gasteiger partial charge in [-0.2, -0.15) is 17.0 Å². The van der Waals surface area contributed by atoms with Gasteiger partial charge in [0.05, 0.1) is 24.5 Å². The molecule has 1 fully saturated rings. The third-order valence-corrected chi connectivity index (χ3v) is 11.0. The number of methoxy groups -OCH3 is 1. The Morgan fingerprint density at radius 2 is 1.67 bits per heavy atom. The molecule has 3 aromatic rings. The molecule has 11 nitrogen and oxygen atoms in total. The van der Waals surface area contributed by atoms with Gasteiger partial charge < -0.3 is 9.57 Å². The largest absolute Gasteiger partial charge is 0.497 e. The molecule has 0 aliphatic carbocycles. The van der Waals surface area contributed by atoms with Crippen LogP contribution < -0.4 is 10.2 Å². The second-order valence-corrected chi connectivity index (χ2v) is 14.3. The number of rotatable bonds is 12. The summed E-state index contributed by atoms with van der Waals surface area (Å²) in [7, 11) is -2.88. The predicted octanol–water partition coefficient (Wildman–Crippen LogP) is 2.85. The van der Waals surface area contributed by atoms with E-state index in [1.54, 1.807) is 18.2 Å². The second-order valence-electron chi connectivity index (χ2n) is 10.2. The average molecular weight is 617 g/mol. The molecule has 13 heteroatoms. The van der Waals surface area contributed by atoms with Crippen molar-refractivity contribution >= 4 is 26.0 Å².